The van der Waals surface area contributed by atoms with Gasteiger partial charge in [-0.3, -0.25) is 0 Å². The monoisotopic (exact) mass is 411 g/mol. The maximum Gasteiger partial charge on any atom is 0.0513 e. The van der Waals surface area contributed by atoms with Crippen molar-refractivity contribution in [1.82, 2.24) is 5.32 Å². The number of halogens is 2. The van der Waals surface area contributed by atoms with Crippen LogP contribution in [0.4, 0.5) is 0 Å². The molecule has 3 heteroatoms. The molecule has 0 fully saturated rings. The quantitative estimate of drug-likeness (QED) is 0.567. The van der Waals surface area contributed by atoms with Gasteiger partial charge >= 0.3 is 0 Å². The van der Waals surface area contributed by atoms with Gasteiger partial charge in [-0.1, -0.05) is 42.3 Å². The number of hydrogen-bond donors (Lipinski definition) is 1. The summed E-state index contributed by atoms with van der Waals surface area (Å²) >= 11 is 7.27. The second-order valence-corrected chi connectivity index (χ2v) is 7.53. The first kappa shape index (κ1) is 16.8. The fourth-order valence-corrected chi connectivity index (χ4v) is 4.03. The second kappa shape index (κ2) is 7.64. The van der Waals surface area contributed by atoms with Gasteiger partial charge in [0.05, 0.1) is 6.04 Å². The van der Waals surface area contributed by atoms with E-state index >= 15 is 0 Å². The summed E-state index contributed by atoms with van der Waals surface area (Å²) in [6, 6.07) is 5.01. The van der Waals surface area contributed by atoms with Gasteiger partial charge in [-0.15, -0.1) is 0 Å². The lowest BCUT2D eigenvalue weighted by Gasteiger charge is -2.23. The minimum atomic E-state index is 0.451. The highest BCUT2D eigenvalue weighted by atomic mass is 79.9. The van der Waals surface area contributed by atoms with Crippen molar-refractivity contribution in [3.05, 3.63) is 55.6 Å². The average Bonchev–Trinajstić information content (AvgIpc) is 2.59. The van der Waals surface area contributed by atoms with E-state index in [1.165, 1.54) is 33.2 Å². The predicted molar refractivity (Wildman–Crippen MR) is 98.9 cm³/mol. The summed E-state index contributed by atoms with van der Waals surface area (Å²) < 4.78 is 2.41. The van der Waals surface area contributed by atoms with Crippen LogP contribution in [0, 0.1) is 6.92 Å². The first-order valence-electron chi connectivity index (χ1n) is 7.65. The van der Waals surface area contributed by atoms with Crippen LogP contribution in [0.3, 0.4) is 0 Å². The summed E-state index contributed by atoms with van der Waals surface area (Å²) in [5.74, 6) is 0. The third-order valence-corrected chi connectivity index (χ3v) is 4.88. The largest absolute Gasteiger partial charge is 0.383 e. The summed E-state index contributed by atoms with van der Waals surface area (Å²) in [4.78, 5) is 0. The van der Waals surface area contributed by atoms with E-state index in [0.29, 0.717) is 6.04 Å². The molecule has 0 amide bonds. The zero-order valence-corrected chi connectivity index (χ0v) is 16.1. The topological polar surface area (TPSA) is 12.0 Å². The summed E-state index contributed by atoms with van der Waals surface area (Å²) in [7, 11) is 0. The van der Waals surface area contributed by atoms with E-state index in [2.05, 4.69) is 82.4 Å². The van der Waals surface area contributed by atoms with Gasteiger partial charge < -0.3 is 5.32 Å². The fraction of sp³-hybridized carbons (Fsp3) is 0.444. The van der Waals surface area contributed by atoms with Gasteiger partial charge in [-0.2, -0.15) is 0 Å². The standard InChI is InChI=1S/C15H15Br2N.C3H8/c1-9-4-10-2-3-11-6-12(16)8-18-15(11)7-13(10)14(17)5-9;1-3-2/h4-6,8,15,18H,2-3,7H2,1H3;3H2,1-2H3. The number of rotatable bonds is 0. The second-order valence-electron chi connectivity index (χ2n) is 5.76. The minimum absolute atomic E-state index is 0.451. The van der Waals surface area contributed by atoms with E-state index in [9.17, 15) is 0 Å². The molecular formula is C18H23Br2N. The highest BCUT2D eigenvalue weighted by Crippen LogP contribution is 2.33. The Morgan fingerprint density at radius 3 is 2.62 bits per heavy atom. The molecule has 1 aliphatic carbocycles. The average molecular weight is 413 g/mol. The zero-order valence-electron chi connectivity index (χ0n) is 13.0. The lowest BCUT2D eigenvalue weighted by atomic mass is 9.98. The van der Waals surface area contributed by atoms with Gasteiger partial charge in [-0.25, -0.2) is 0 Å². The Morgan fingerprint density at radius 1 is 1.19 bits per heavy atom. The first-order valence-corrected chi connectivity index (χ1v) is 9.23. The van der Waals surface area contributed by atoms with Crippen LogP contribution in [0.2, 0.25) is 0 Å². The number of benzene rings is 1. The van der Waals surface area contributed by atoms with Gasteiger partial charge in [0.25, 0.3) is 0 Å². The van der Waals surface area contributed by atoms with Crippen molar-refractivity contribution in [3.63, 3.8) is 0 Å². The molecule has 114 valence electrons. The van der Waals surface area contributed by atoms with E-state index in [-0.39, 0.29) is 0 Å². The van der Waals surface area contributed by atoms with Crippen LogP contribution in [0.15, 0.2) is 38.9 Å². The maximum atomic E-state index is 3.72. The Morgan fingerprint density at radius 2 is 1.90 bits per heavy atom. The molecule has 0 saturated heterocycles. The van der Waals surface area contributed by atoms with Gasteiger partial charge in [0, 0.05) is 15.2 Å². The highest BCUT2D eigenvalue weighted by molar-refractivity contribution is 9.12. The van der Waals surface area contributed by atoms with E-state index in [1.807, 2.05) is 0 Å². The molecule has 1 aromatic rings. The smallest absolute Gasteiger partial charge is 0.0513 e. The van der Waals surface area contributed by atoms with Crippen LogP contribution in [0.5, 0.6) is 0 Å². The Hall–Kier alpha value is -0.540. The van der Waals surface area contributed by atoms with Crippen molar-refractivity contribution in [1.29, 1.82) is 0 Å². The number of allylic oxidation sites excluding steroid dienone is 2. The maximum absolute atomic E-state index is 3.72. The molecule has 21 heavy (non-hydrogen) atoms. The molecule has 1 atom stereocenters. The molecule has 0 saturated carbocycles. The van der Waals surface area contributed by atoms with Gasteiger partial charge in [0.1, 0.15) is 0 Å². The van der Waals surface area contributed by atoms with Crippen molar-refractivity contribution in [2.24, 2.45) is 0 Å². The Labute approximate surface area is 145 Å². The lowest BCUT2D eigenvalue weighted by molar-refractivity contribution is 0.639. The third kappa shape index (κ3) is 4.23. The van der Waals surface area contributed by atoms with Crippen LogP contribution in [-0.4, -0.2) is 6.04 Å². The Kier molecular flexibility index (Phi) is 6.12. The predicted octanol–water partition coefficient (Wildman–Crippen LogP) is 5.80. The van der Waals surface area contributed by atoms with E-state index in [1.54, 1.807) is 0 Å². The normalized spacial score (nSPS) is 19.8. The minimum Gasteiger partial charge on any atom is -0.383 e. The van der Waals surface area contributed by atoms with Crippen LogP contribution in [0.1, 0.15) is 43.4 Å². The molecule has 1 nitrogen and oxygen atoms in total. The molecule has 1 aliphatic heterocycles. The zero-order chi connectivity index (χ0) is 15.4. The van der Waals surface area contributed by atoms with Crippen LogP contribution >= 0.6 is 31.9 Å². The molecule has 0 radical (unpaired) electrons. The molecular weight excluding hydrogens is 390 g/mol. The Balaban J connectivity index is 0.000000497. The summed E-state index contributed by atoms with van der Waals surface area (Å²) in [6.45, 7) is 6.42. The van der Waals surface area contributed by atoms with Gasteiger partial charge in [-0.05, 0) is 76.5 Å². The van der Waals surface area contributed by atoms with Crippen molar-refractivity contribution in [2.45, 2.75) is 52.5 Å². The van der Waals surface area contributed by atoms with E-state index in [4.69, 9.17) is 0 Å². The molecule has 0 aromatic heterocycles. The van der Waals surface area contributed by atoms with Crippen molar-refractivity contribution in [3.8, 4) is 0 Å². The van der Waals surface area contributed by atoms with E-state index < -0.39 is 0 Å². The summed E-state index contributed by atoms with van der Waals surface area (Å²) in [5.41, 5.74) is 5.81. The molecule has 1 N–H and O–H groups in total. The van der Waals surface area contributed by atoms with Crippen molar-refractivity contribution < 1.29 is 0 Å². The number of aryl methyl sites for hydroxylation is 2. The van der Waals surface area contributed by atoms with Gasteiger partial charge in [0.15, 0.2) is 0 Å². The van der Waals surface area contributed by atoms with Gasteiger partial charge in [0.2, 0.25) is 0 Å². The summed E-state index contributed by atoms with van der Waals surface area (Å²) in [6.07, 6.45) is 8.93. The Bertz CT molecular complexity index is 573. The van der Waals surface area contributed by atoms with Crippen LogP contribution in [-0.2, 0) is 12.8 Å². The third-order valence-electron chi connectivity index (χ3n) is 3.72. The molecule has 0 spiro atoms. The lowest BCUT2D eigenvalue weighted by Crippen LogP contribution is -2.30. The first-order chi connectivity index (χ1) is 10.0. The molecule has 3 rings (SSSR count). The molecule has 1 aromatic carbocycles. The van der Waals surface area contributed by atoms with Crippen LogP contribution < -0.4 is 5.32 Å². The SMILES string of the molecule is CCC.Cc1cc(Br)c2c(c1)CCC1=CC(Br)=CNC1C2. The number of nitrogens with one attached hydrogen (secondary N) is 1. The molecule has 2 aliphatic rings. The number of dihydropyridines is 1. The van der Waals surface area contributed by atoms with Crippen molar-refractivity contribution in [2.75, 3.05) is 0 Å². The molecule has 1 heterocycles. The van der Waals surface area contributed by atoms with Crippen LogP contribution in [0.25, 0.3) is 0 Å². The fourth-order valence-electron chi connectivity index (χ4n) is 2.82. The van der Waals surface area contributed by atoms with Crippen molar-refractivity contribution >= 4 is 31.9 Å². The summed E-state index contributed by atoms with van der Waals surface area (Å²) in [5, 5.41) is 3.50. The molecule has 1 unspecified atom stereocenters. The highest BCUT2D eigenvalue weighted by Gasteiger charge is 2.23. The number of hydrogen-bond acceptors (Lipinski definition) is 1. The number of fused-ring (bicyclic) bond motifs is 2. The molecule has 0 bridgehead atoms. The van der Waals surface area contributed by atoms with E-state index in [0.717, 1.165) is 23.7 Å².